The minimum atomic E-state index is -5.17. The van der Waals surface area contributed by atoms with Gasteiger partial charge in [0.15, 0.2) is 5.75 Å². The smallest absolute Gasteiger partial charge is 0.401 e. The predicted molar refractivity (Wildman–Crippen MR) is 43.1 cm³/mol. The summed E-state index contributed by atoms with van der Waals surface area (Å²) in [4.78, 5) is 12.3. The quantitative estimate of drug-likeness (QED) is 0.779. The average molecular weight is 244 g/mol. The second-order valence-corrected chi connectivity index (χ2v) is 2.68. The van der Waals surface area contributed by atoms with Crippen molar-refractivity contribution in [3.8, 4) is 5.75 Å². The molecule has 0 aliphatic heterocycles. The highest BCUT2D eigenvalue weighted by molar-refractivity contribution is 5.54. The topological polar surface area (TPSA) is 68.1 Å². The molecule has 0 aliphatic rings. The molecular weight excluding hydrogens is 239 g/mol. The molecule has 16 heavy (non-hydrogen) atoms. The zero-order valence-electron chi connectivity index (χ0n) is 7.44. The molecule has 1 rings (SSSR count). The fourth-order valence-electron chi connectivity index (χ4n) is 0.971. The van der Waals surface area contributed by atoms with Crippen LogP contribution in [0.25, 0.3) is 0 Å². The first-order valence-corrected chi connectivity index (χ1v) is 3.77. The number of H-pyrrole nitrogens is 1. The summed E-state index contributed by atoms with van der Waals surface area (Å²) in [7, 11) is 0. The number of nitrogens with two attached hydrogens (primary N) is 1. The van der Waals surface area contributed by atoms with Crippen LogP contribution in [-0.4, -0.2) is 11.3 Å². The van der Waals surface area contributed by atoms with Gasteiger partial charge in [-0.3, -0.25) is 4.79 Å². The predicted octanol–water partition coefficient (Wildman–Crippen LogP) is 1.79. The number of halogens is 5. The van der Waals surface area contributed by atoms with E-state index in [-0.39, 0.29) is 0 Å². The molecule has 0 saturated carbocycles. The van der Waals surface area contributed by atoms with Gasteiger partial charge in [-0.25, -0.2) is 8.78 Å². The third-order valence-corrected chi connectivity index (χ3v) is 1.49. The molecule has 1 aromatic heterocycles. The Morgan fingerprint density at radius 3 is 2.38 bits per heavy atom. The molecule has 0 aromatic carbocycles. The van der Waals surface area contributed by atoms with Gasteiger partial charge in [-0.15, -0.1) is 13.2 Å². The first-order chi connectivity index (χ1) is 7.20. The van der Waals surface area contributed by atoms with Crippen molar-refractivity contribution in [1.82, 2.24) is 4.98 Å². The Hall–Kier alpha value is -1.80. The third kappa shape index (κ3) is 2.84. The normalized spacial score (nSPS) is 11.9. The van der Waals surface area contributed by atoms with Crippen LogP contribution >= 0.6 is 0 Å². The lowest BCUT2D eigenvalue weighted by atomic mass is 10.3. The number of nitrogen functional groups attached to an aromatic ring is 1. The average Bonchev–Trinajstić information content (AvgIpc) is 2.07. The standard InChI is InChI=1S/C7H5F5N2O2/c8-6(9)4-5(16-7(10,11)12)2(13)1-3(15)14-4/h1,6H,(H3,13,14,15). The zero-order chi connectivity index (χ0) is 12.5. The Labute approximate surface area is 84.8 Å². The summed E-state index contributed by atoms with van der Waals surface area (Å²) < 4.78 is 63.4. The molecule has 0 saturated heterocycles. The van der Waals surface area contributed by atoms with Gasteiger partial charge < -0.3 is 15.5 Å². The lowest BCUT2D eigenvalue weighted by molar-refractivity contribution is -0.275. The number of rotatable bonds is 2. The lowest BCUT2D eigenvalue weighted by Crippen LogP contribution is -2.21. The highest BCUT2D eigenvalue weighted by atomic mass is 19.4. The van der Waals surface area contributed by atoms with E-state index in [1.165, 1.54) is 4.98 Å². The van der Waals surface area contributed by atoms with Gasteiger partial charge in [-0.1, -0.05) is 0 Å². The number of nitrogens with one attached hydrogen (secondary N) is 1. The van der Waals surface area contributed by atoms with Gasteiger partial charge in [-0.2, -0.15) is 0 Å². The van der Waals surface area contributed by atoms with Crippen molar-refractivity contribution < 1.29 is 26.7 Å². The molecule has 0 fully saturated rings. The maximum Gasteiger partial charge on any atom is 0.573 e. The van der Waals surface area contributed by atoms with Crippen molar-refractivity contribution in [3.05, 3.63) is 22.1 Å². The van der Waals surface area contributed by atoms with E-state index in [2.05, 4.69) is 4.74 Å². The minimum absolute atomic E-state index is 0.521. The van der Waals surface area contributed by atoms with Crippen molar-refractivity contribution in [3.63, 3.8) is 0 Å². The molecule has 9 heteroatoms. The molecule has 90 valence electrons. The van der Waals surface area contributed by atoms with Crippen molar-refractivity contribution >= 4 is 5.69 Å². The van der Waals surface area contributed by atoms with Crippen LogP contribution in [0.5, 0.6) is 5.75 Å². The Bertz CT molecular complexity index is 439. The maximum absolute atomic E-state index is 12.3. The minimum Gasteiger partial charge on any atom is -0.401 e. The molecule has 0 spiro atoms. The Balaban J connectivity index is 3.30. The van der Waals surface area contributed by atoms with Gasteiger partial charge >= 0.3 is 6.36 Å². The fraction of sp³-hybridized carbons (Fsp3) is 0.286. The van der Waals surface area contributed by atoms with Gasteiger partial charge in [0.1, 0.15) is 5.69 Å². The van der Waals surface area contributed by atoms with E-state index in [1.807, 2.05) is 0 Å². The summed E-state index contributed by atoms with van der Waals surface area (Å²) in [5.41, 5.74) is 1.84. The van der Waals surface area contributed by atoms with Gasteiger partial charge in [0.25, 0.3) is 12.0 Å². The Morgan fingerprint density at radius 1 is 1.38 bits per heavy atom. The second-order valence-electron chi connectivity index (χ2n) is 2.68. The molecule has 0 radical (unpaired) electrons. The van der Waals surface area contributed by atoms with E-state index in [0.717, 1.165) is 0 Å². The molecule has 1 heterocycles. The summed E-state index contributed by atoms with van der Waals surface area (Å²) >= 11 is 0. The molecule has 3 N–H and O–H groups in total. The maximum atomic E-state index is 12.3. The number of anilines is 1. The molecule has 0 aliphatic carbocycles. The number of pyridine rings is 1. The number of hydrogen-bond acceptors (Lipinski definition) is 3. The van der Waals surface area contributed by atoms with Gasteiger partial charge in [0.2, 0.25) is 0 Å². The summed E-state index contributed by atoms with van der Waals surface area (Å²) in [5.74, 6) is -1.29. The van der Waals surface area contributed by atoms with E-state index in [1.54, 1.807) is 0 Å². The summed E-state index contributed by atoms with van der Waals surface area (Å²) in [6.45, 7) is 0. The molecular formula is C7H5F5N2O2. The van der Waals surface area contributed by atoms with E-state index < -0.39 is 35.5 Å². The van der Waals surface area contributed by atoms with Crippen molar-refractivity contribution in [1.29, 1.82) is 0 Å². The SMILES string of the molecule is Nc1cc(=O)[nH]c(C(F)F)c1OC(F)(F)F. The van der Waals surface area contributed by atoms with Crippen LogP contribution in [0.15, 0.2) is 10.9 Å². The third-order valence-electron chi connectivity index (χ3n) is 1.49. The van der Waals surface area contributed by atoms with Gasteiger partial charge in [-0.05, 0) is 0 Å². The highest BCUT2D eigenvalue weighted by Gasteiger charge is 2.34. The summed E-state index contributed by atoms with van der Waals surface area (Å²) in [5, 5.41) is 0. The van der Waals surface area contributed by atoms with Crippen LogP contribution in [0.3, 0.4) is 0 Å². The molecule has 1 aromatic rings. The number of alkyl halides is 5. The van der Waals surface area contributed by atoms with Crippen LogP contribution in [0.4, 0.5) is 27.6 Å². The zero-order valence-corrected chi connectivity index (χ0v) is 7.44. The fourth-order valence-corrected chi connectivity index (χ4v) is 0.971. The summed E-state index contributed by atoms with van der Waals surface area (Å²) in [6, 6.07) is 0.521. The largest absolute Gasteiger partial charge is 0.573 e. The molecule has 0 bridgehead atoms. The van der Waals surface area contributed by atoms with E-state index >= 15 is 0 Å². The highest BCUT2D eigenvalue weighted by Crippen LogP contribution is 2.34. The van der Waals surface area contributed by atoms with Crippen molar-refractivity contribution in [2.75, 3.05) is 5.73 Å². The van der Waals surface area contributed by atoms with Gasteiger partial charge in [0, 0.05) is 6.07 Å². The molecule has 0 unspecified atom stereocenters. The van der Waals surface area contributed by atoms with Crippen LogP contribution < -0.4 is 16.0 Å². The summed E-state index contributed by atoms with van der Waals surface area (Å²) in [6.07, 6.45) is -8.51. The molecule has 0 atom stereocenters. The van der Waals surface area contributed by atoms with E-state index in [9.17, 15) is 26.7 Å². The monoisotopic (exact) mass is 244 g/mol. The lowest BCUT2D eigenvalue weighted by Gasteiger charge is -2.14. The first-order valence-electron chi connectivity index (χ1n) is 3.77. The second kappa shape index (κ2) is 3.99. The molecule has 0 amide bonds. The molecule has 4 nitrogen and oxygen atoms in total. The van der Waals surface area contributed by atoms with Crippen LogP contribution in [0.1, 0.15) is 12.1 Å². The number of ether oxygens (including phenoxy) is 1. The number of hydrogen-bond donors (Lipinski definition) is 2. The van der Waals surface area contributed by atoms with Crippen LogP contribution in [0, 0.1) is 0 Å². The Morgan fingerprint density at radius 2 is 1.94 bits per heavy atom. The van der Waals surface area contributed by atoms with E-state index in [0.29, 0.717) is 6.07 Å². The van der Waals surface area contributed by atoms with Crippen LogP contribution in [-0.2, 0) is 0 Å². The van der Waals surface area contributed by atoms with E-state index in [4.69, 9.17) is 5.73 Å². The first kappa shape index (κ1) is 12.3. The van der Waals surface area contributed by atoms with Crippen molar-refractivity contribution in [2.45, 2.75) is 12.8 Å². The Kier molecular flexibility index (Phi) is 3.06. The number of aromatic amines is 1. The van der Waals surface area contributed by atoms with Gasteiger partial charge in [0.05, 0.1) is 5.69 Å². The number of aromatic nitrogens is 1. The van der Waals surface area contributed by atoms with Crippen molar-refractivity contribution in [2.24, 2.45) is 0 Å². The van der Waals surface area contributed by atoms with Crippen LogP contribution in [0.2, 0.25) is 0 Å².